The lowest BCUT2D eigenvalue weighted by molar-refractivity contribution is -0.140. The first kappa shape index (κ1) is 14.5. The van der Waals surface area contributed by atoms with Gasteiger partial charge in [0.05, 0.1) is 5.88 Å². The SMILES string of the molecule is C=CCOc1ccc(C(=O)N2CSCC2C(=O)O)cc1. The second kappa shape index (κ2) is 6.47. The van der Waals surface area contributed by atoms with Crippen LogP contribution in [-0.4, -0.2) is 46.2 Å². The molecule has 0 saturated carbocycles. The topological polar surface area (TPSA) is 66.8 Å². The molecule has 1 saturated heterocycles. The van der Waals surface area contributed by atoms with E-state index in [1.807, 2.05) is 0 Å². The number of amides is 1. The molecule has 20 heavy (non-hydrogen) atoms. The molecular formula is C14H15NO4S. The number of aliphatic carboxylic acids is 1. The van der Waals surface area contributed by atoms with Crippen molar-refractivity contribution in [3.8, 4) is 5.75 Å². The summed E-state index contributed by atoms with van der Waals surface area (Å²) < 4.78 is 5.33. The maximum Gasteiger partial charge on any atom is 0.327 e. The summed E-state index contributed by atoms with van der Waals surface area (Å²) in [5.74, 6) is 0.255. The average molecular weight is 293 g/mol. The molecule has 1 atom stereocenters. The number of rotatable bonds is 5. The summed E-state index contributed by atoms with van der Waals surface area (Å²) in [6.45, 7) is 3.95. The number of carbonyl (C=O) groups excluding carboxylic acids is 1. The zero-order valence-corrected chi connectivity index (χ0v) is 11.6. The minimum Gasteiger partial charge on any atom is -0.490 e. The molecular weight excluding hydrogens is 278 g/mol. The highest BCUT2D eigenvalue weighted by atomic mass is 32.2. The quantitative estimate of drug-likeness (QED) is 0.839. The fraction of sp³-hybridized carbons (Fsp3) is 0.286. The van der Waals surface area contributed by atoms with Gasteiger partial charge in [-0.1, -0.05) is 12.7 Å². The highest BCUT2D eigenvalue weighted by Crippen LogP contribution is 2.24. The van der Waals surface area contributed by atoms with Crippen LogP contribution >= 0.6 is 11.8 Å². The smallest absolute Gasteiger partial charge is 0.327 e. The van der Waals surface area contributed by atoms with Crippen molar-refractivity contribution in [3.63, 3.8) is 0 Å². The molecule has 1 amide bonds. The Morgan fingerprint density at radius 1 is 1.45 bits per heavy atom. The van der Waals surface area contributed by atoms with Crippen molar-refractivity contribution < 1.29 is 19.4 Å². The number of benzene rings is 1. The molecule has 1 unspecified atom stereocenters. The summed E-state index contributed by atoms with van der Waals surface area (Å²) in [6, 6.07) is 5.92. The van der Waals surface area contributed by atoms with Crippen molar-refractivity contribution in [2.24, 2.45) is 0 Å². The van der Waals surface area contributed by atoms with Crippen molar-refractivity contribution >= 4 is 23.6 Å². The van der Waals surface area contributed by atoms with Gasteiger partial charge in [0.2, 0.25) is 0 Å². The van der Waals surface area contributed by atoms with E-state index in [2.05, 4.69) is 6.58 Å². The first-order chi connectivity index (χ1) is 9.63. The Morgan fingerprint density at radius 2 is 2.15 bits per heavy atom. The number of hydrogen-bond donors (Lipinski definition) is 1. The molecule has 1 heterocycles. The molecule has 1 aromatic rings. The molecule has 0 radical (unpaired) electrons. The van der Waals surface area contributed by atoms with Gasteiger partial charge in [0, 0.05) is 11.3 Å². The largest absolute Gasteiger partial charge is 0.490 e. The standard InChI is InChI=1S/C14H15NO4S/c1-2-7-19-11-5-3-10(4-6-11)13(16)15-9-20-8-12(15)14(17)18/h2-6,12H,1,7-9H2,(H,17,18). The van der Waals surface area contributed by atoms with Crippen LogP contribution in [0.3, 0.4) is 0 Å². The molecule has 0 spiro atoms. The zero-order valence-electron chi connectivity index (χ0n) is 10.8. The number of carbonyl (C=O) groups is 2. The zero-order chi connectivity index (χ0) is 14.5. The third-order valence-corrected chi connectivity index (χ3v) is 3.91. The predicted octanol–water partition coefficient (Wildman–Crippen LogP) is 1.85. The van der Waals surface area contributed by atoms with E-state index in [9.17, 15) is 9.59 Å². The van der Waals surface area contributed by atoms with Crippen LogP contribution in [0.5, 0.6) is 5.75 Å². The van der Waals surface area contributed by atoms with Gasteiger partial charge in [-0.25, -0.2) is 4.79 Å². The second-order valence-corrected chi connectivity index (χ2v) is 5.25. The number of hydrogen-bond acceptors (Lipinski definition) is 4. The first-order valence-corrected chi connectivity index (χ1v) is 7.24. The third-order valence-electron chi connectivity index (χ3n) is 2.90. The summed E-state index contributed by atoms with van der Waals surface area (Å²) in [5.41, 5.74) is 0.463. The lowest BCUT2D eigenvalue weighted by Gasteiger charge is -2.20. The van der Waals surface area contributed by atoms with E-state index in [4.69, 9.17) is 9.84 Å². The van der Waals surface area contributed by atoms with Gasteiger partial charge < -0.3 is 14.7 Å². The van der Waals surface area contributed by atoms with Crippen molar-refractivity contribution in [3.05, 3.63) is 42.5 Å². The van der Waals surface area contributed by atoms with E-state index >= 15 is 0 Å². The van der Waals surface area contributed by atoms with Crippen LogP contribution in [-0.2, 0) is 4.79 Å². The molecule has 2 rings (SSSR count). The van der Waals surface area contributed by atoms with E-state index in [-0.39, 0.29) is 5.91 Å². The Bertz CT molecular complexity index is 514. The highest BCUT2D eigenvalue weighted by molar-refractivity contribution is 7.99. The van der Waals surface area contributed by atoms with Crippen LogP contribution in [0.1, 0.15) is 10.4 Å². The molecule has 0 aliphatic carbocycles. The van der Waals surface area contributed by atoms with Crippen molar-refractivity contribution in [1.82, 2.24) is 4.90 Å². The van der Waals surface area contributed by atoms with Gasteiger partial charge in [-0.15, -0.1) is 11.8 Å². The molecule has 5 nitrogen and oxygen atoms in total. The van der Waals surface area contributed by atoms with Gasteiger partial charge in [0.1, 0.15) is 18.4 Å². The van der Waals surface area contributed by atoms with Gasteiger partial charge in [-0.3, -0.25) is 4.79 Å². The molecule has 1 aliphatic heterocycles. The lowest BCUT2D eigenvalue weighted by atomic mass is 10.1. The minimum absolute atomic E-state index is 0.266. The average Bonchev–Trinajstić information content (AvgIpc) is 2.94. The van der Waals surface area contributed by atoms with Crippen LogP contribution < -0.4 is 4.74 Å². The molecule has 1 aliphatic rings. The summed E-state index contributed by atoms with van der Waals surface area (Å²) in [4.78, 5) is 24.7. The highest BCUT2D eigenvalue weighted by Gasteiger charge is 2.34. The predicted molar refractivity (Wildman–Crippen MR) is 77.1 cm³/mol. The summed E-state index contributed by atoms with van der Waals surface area (Å²) in [7, 11) is 0. The molecule has 1 fully saturated rings. The maximum absolute atomic E-state index is 12.3. The molecule has 1 aromatic carbocycles. The van der Waals surface area contributed by atoms with E-state index in [1.54, 1.807) is 30.3 Å². The Hall–Kier alpha value is -1.95. The lowest BCUT2D eigenvalue weighted by Crippen LogP contribution is -2.41. The van der Waals surface area contributed by atoms with Crippen LogP contribution in [0.4, 0.5) is 0 Å². The Morgan fingerprint density at radius 3 is 2.75 bits per heavy atom. The molecule has 0 aromatic heterocycles. The monoisotopic (exact) mass is 293 g/mol. The number of nitrogens with zero attached hydrogens (tertiary/aromatic N) is 1. The fourth-order valence-electron chi connectivity index (χ4n) is 1.86. The molecule has 0 bridgehead atoms. The third kappa shape index (κ3) is 3.14. The molecule has 1 N–H and O–H groups in total. The van der Waals surface area contributed by atoms with Crippen molar-refractivity contribution in [2.75, 3.05) is 18.2 Å². The summed E-state index contributed by atoms with van der Waals surface area (Å²) in [6.07, 6.45) is 1.64. The van der Waals surface area contributed by atoms with Crippen LogP contribution in [0.2, 0.25) is 0 Å². The van der Waals surface area contributed by atoms with Gasteiger partial charge in [0.25, 0.3) is 5.91 Å². The van der Waals surface area contributed by atoms with E-state index < -0.39 is 12.0 Å². The normalized spacial score (nSPS) is 17.8. The van der Waals surface area contributed by atoms with Crippen molar-refractivity contribution in [2.45, 2.75) is 6.04 Å². The van der Waals surface area contributed by atoms with Gasteiger partial charge in [0.15, 0.2) is 0 Å². The number of thioether (sulfide) groups is 1. The van der Waals surface area contributed by atoms with Crippen LogP contribution in [0.25, 0.3) is 0 Å². The first-order valence-electron chi connectivity index (χ1n) is 6.08. The van der Waals surface area contributed by atoms with Crippen LogP contribution in [0, 0.1) is 0 Å². The Balaban J connectivity index is 2.09. The van der Waals surface area contributed by atoms with E-state index in [1.165, 1.54) is 16.7 Å². The van der Waals surface area contributed by atoms with E-state index in [0.29, 0.717) is 29.5 Å². The molecule has 106 valence electrons. The minimum atomic E-state index is -0.964. The van der Waals surface area contributed by atoms with Gasteiger partial charge in [-0.2, -0.15) is 0 Å². The van der Waals surface area contributed by atoms with Crippen LogP contribution in [0.15, 0.2) is 36.9 Å². The number of carboxylic acid groups (broad SMARTS) is 1. The Kier molecular flexibility index (Phi) is 4.68. The maximum atomic E-state index is 12.3. The molecule has 6 heteroatoms. The Labute approximate surface area is 121 Å². The summed E-state index contributed by atoms with van der Waals surface area (Å²) >= 11 is 1.44. The summed E-state index contributed by atoms with van der Waals surface area (Å²) in [5, 5.41) is 9.08. The second-order valence-electron chi connectivity index (χ2n) is 4.25. The van der Waals surface area contributed by atoms with Crippen molar-refractivity contribution in [1.29, 1.82) is 0 Å². The number of carboxylic acids is 1. The van der Waals surface area contributed by atoms with Gasteiger partial charge >= 0.3 is 5.97 Å². The number of ether oxygens (including phenoxy) is 1. The van der Waals surface area contributed by atoms with Gasteiger partial charge in [-0.05, 0) is 24.3 Å². The van der Waals surface area contributed by atoms with E-state index in [0.717, 1.165) is 0 Å². The fourth-order valence-corrected chi connectivity index (χ4v) is 3.01.